The molecule has 1 aromatic heterocycles. The molecular weight excluding hydrogens is 604 g/mol. The van der Waals surface area contributed by atoms with Crippen LogP contribution in [0.1, 0.15) is 70.9 Å². The second kappa shape index (κ2) is 12.8. The summed E-state index contributed by atoms with van der Waals surface area (Å²) in [5.74, 6) is 0.00542. The van der Waals surface area contributed by atoms with Crippen LogP contribution in [0.15, 0.2) is 35.3 Å². The van der Waals surface area contributed by atoms with Crippen LogP contribution in [0.2, 0.25) is 23.2 Å². The van der Waals surface area contributed by atoms with E-state index >= 15 is 0 Å². The lowest BCUT2D eigenvalue weighted by Gasteiger charge is -2.39. The Kier molecular flexibility index (Phi) is 9.68. The van der Waals surface area contributed by atoms with E-state index in [1.54, 1.807) is 6.20 Å². The minimum Gasteiger partial charge on any atom is -0.413 e. The van der Waals surface area contributed by atoms with E-state index in [9.17, 15) is 13.2 Å². The van der Waals surface area contributed by atoms with Gasteiger partial charge in [0.2, 0.25) is 0 Å². The first-order valence-electron chi connectivity index (χ1n) is 15.6. The molecule has 1 aromatic carbocycles. The number of hydrogen-bond acceptors (Lipinski definition) is 8. The monoisotopic (exact) mass is 650 g/mol. The quantitative estimate of drug-likeness (QED) is 0.322. The first-order chi connectivity index (χ1) is 20.3. The van der Waals surface area contributed by atoms with Crippen molar-refractivity contribution in [1.29, 1.82) is 0 Å². The van der Waals surface area contributed by atoms with Gasteiger partial charge in [0.1, 0.15) is 10.3 Å². The van der Waals surface area contributed by atoms with Crippen molar-refractivity contribution in [3.63, 3.8) is 0 Å². The molecule has 9 nitrogen and oxygen atoms in total. The summed E-state index contributed by atoms with van der Waals surface area (Å²) >= 11 is 6.47. The number of nitrogens with one attached hydrogen (secondary N) is 1. The van der Waals surface area contributed by atoms with Crippen LogP contribution in [-0.4, -0.2) is 69.4 Å². The molecule has 43 heavy (non-hydrogen) atoms. The van der Waals surface area contributed by atoms with Crippen LogP contribution < -0.4 is 15.8 Å². The van der Waals surface area contributed by atoms with Gasteiger partial charge in [-0.3, -0.25) is 4.79 Å². The number of rotatable bonds is 10. The fraction of sp³-hybridized carbons (Fsp3) is 0.677. The zero-order valence-electron chi connectivity index (χ0n) is 26.1. The van der Waals surface area contributed by atoms with E-state index in [0.29, 0.717) is 24.4 Å². The predicted octanol–water partition coefficient (Wildman–Crippen LogP) is 5.80. The maximum Gasteiger partial charge on any atom is 0.287 e. The summed E-state index contributed by atoms with van der Waals surface area (Å²) in [4.78, 5) is 15.8. The summed E-state index contributed by atoms with van der Waals surface area (Å²) in [6, 6.07) is 9.90. The van der Waals surface area contributed by atoms with Gasteiger partial charge in [-0.2, -0.15) is 5.10 Å². The van der Waals surface area contributed by atoms with Crippen molar-refractivity contribution in [1.82, 2.24) is 9.78 Å². The highest BCUT2D eigenvalue weighted by atomic mass is 35.5. The molecule has 3 fully saturated rings. The fourth-order valence-electron chi connectivity index (χ4n) is 5.80. The summed E-state index contributed by atoms with van der Waals surface area (Å²) < 4.78 is 37.9. The molecule has 5 rings (SSSR count). The third-order valence-corrected chi connectivity index (χ3v) is 16.7. The number of sulfone groups is 1. The molecule has 2 heterocycles. The van der Waals surface area contributed by atoms with Gasteiger partial charge in [0.15, 0.2) is 18.2 Å². The summed E-state index contributed by atoms with van der Waals surface area (Å²) in [5, 5.41) is 7.03. The maximum absolute atomic E-state index is 13.2. The van der Waals surface area contributed by atoms with Gasteiger partial charge in [-0.25, -0.2) is 13.1 Å². The summed E-state index contributed by atoms with van der Waals surface area (Å²) in [7, 11) is -5.03. The van der Waals surface area contributed by atoms with E-state index in [4.69, 9.17) is 20.8 Å². The third kappa shape index (κ3) is 7.49. The Morgan fingerprint density at radius 3 is 2.30 bits per heavy atom. The first kappa shape index (κ1) is 32.5. The largest absolute Gasteiger partial charge is 0.413 e. The topological polar surface area (TPSA) is 103 Å². The van der Waals surface area contributed by atoms with E-state index in [1.807, 2.05) is 0 Å². The fourth-order valence-corrected chi connectivity index (χ4v) is 8.28. The van der Waals surface area contributed by atoms with Gasteiger partial charge >= 0.3 is 0 Å². The second-order valence-corrected chi connectivity index (χ2v) is 21.5. The van der Waals surface area contributed by atoms with E-state index < -0.39 is 23.4 Å². The number of halogens is 1. The van der Waals surface area contributed by atoms with E-state index in [0.717, 1.165) is 25.7 Å². The average molecular weight is 651 g/mol. The predicted molar refractivity (Wildman–Crippen MR) is 176 cm³/mol. The lowest BCUT2D eigenvalue weighted by Crippen LogP contribution is -2.42. The summed E-state index contributed by atoms with van der Waals surface area (Å²) in [5.41, 5.74) is 2.49. The van der Waals surface area contributed by atoms with Gasteiger partial charge in [0.25, 0.3) is 5.56 Å². The minimum atomic E-state index is -3.23. The van der Waals surface area contributed by atoms with Crippen molar-refractivity contribution in [3.05, 3.63) is 51.4 Å². The maximum atomic E-state index is 13.2. The lowest BCUT2D eigenvalue weighted by atomic mass is 9.89. The molecule has 1 aliphatic heterocycles. The Bertz CT molecular complexity index is 1430. The van der Waals surface area contributed by atoms with E-state index in [1.165, 1.54) is 28.8 Å². The van der Waals surface area contributed by atoms with Crippen molar-refractivity contribution >= 4 is 41.1 Å². The molecule has 2 aromatic rings. The molecular formula is C31H47ClN4O5SSi. The molecule has 0 radical (unpaired) electrons. The van der Waals surface area contributed by atoms with E-state index in [-0.39, 0.29) is 47.2 Å². The normalized spacial score (nSPS) is 24.5. The molecule has 3 aliphatic rings. The van der Waals surface area contributed by atoms with Crippen LogP contribution in [0.3, 0.4) is 0 Å². The standard InChI is InChI=1S/C31H47ClN4O5SSi/c1-31(2,3)43(4,5)41-20-22-6-8-23(9-7-22)35(24-10-11-24)25-12-14-26(15-13-25)36-30(37)29(32)28(19-34-36)33-18-27-21-40-16-17-42(27,38)39/h6-9,19,24-27,33H,10-18,20-21H2,1-5H3/t25?,26?,27-/m1/s1. The Morgan fingerprint density at radius 2 is 1.72 bits per heavy atom. The Labute approximate surface area is 262 Å². The van der Waals surface area contributed by atoms with Crippen molar-refractivity contribution < 1.29 is 17.6 Å². The molecule has 0 spiro atoms. The van der Waals surface area contributed by atoms with Crippen LogP contribution in [0.4, 0.5) is 11.4 Å². The molecule has 0 amide bonds. The second-order valence-electron chi connectivity index (χ2n) is 13.9. The minimum absolute atomic E-state index is 0.00542. The van der Waals surface area contributed by atoms with Gasteiger partial charge in [0, 0.05) is 24.3 Å². The molecule has 1 saturated heterocycles. The van der Waals surface area contributed by atoms with Crippen LogP contribution in [-0.2, 0) is 25.6 Å². The SMILES string of the molecule is CC(C)(C)[Si](C)(C)OCc1ccc(N(C2CC2)C2CCC(n3ncc(NC[C@@H]4COCCS4(=O)=O)c(Cl)c3=O)CC2)cc1. The molecule has 2 aliphatic carbocycles. The molecule has 2 saturated carbocycles. The van der Waals surface area contributed by atoms with Crippen LogP contribution in [0.25, 0.3) is 0 Å². The van der Waals surface area contributed by atoms with Gasteiger partial charge in [-0.1, -0.05) is 44.5 Å². The number of benzene rings is 1. The number of ether oxygens (including phenoxy) is 1. The Hall–Kier alpha value is -1.92. The van der Waals surface area contributed by atoms with Gasteiger partial charge in [0.05, 0.1) is 43.5 Å². The van der Waals surface area contributed by atoms with Crippen LogP contribution >= 0.6 is 11.6 Å². The number of nitrogens with zero attached hydrogens (tertiary/aromatic N) is 3. The molecule has 0 unspecified atom stereocenters. The smallest absolute Gasteiger partial charge is 0.287 e. The third-order valence-electron chi connectivity index (χ3n) is 9.77. The van der Waals surface area contributed by atoms with E-state index in [2.05, 4.69) is 73.4 Å². The zero-order chi connectivity index (χ0) is 31.0. The lowest BCUT2D eigenvalue weighted by molar-refractivity contribution is 0.140. The van der Waals surface area contributed by atoms with Crippen molar-refractivity contribution in [2.75, 3.05) is 35.7 Å². The van der Waals surface area contributed by atoms with Gasteiger partial charge in [-0.15, -0.1) is 0 Å². The number of hydrogen-bond donors (Lipinski definition) is 1. The molecule has 1 atom stereocenters. The van der Waals surface area contributed by atoms with Crippen LogP contribution in [0, 0.1) is 0 Å². The highest BCUT2D eigenvalue weighted by Crippen LogP contribution is 2.40. The highest BCUT2D eigenvalue weighted by Gasteiger charge is 2.38. The van der Waals surface area contributed by atoms with Crippen molar-refractivity contribution in [2.45, 2.75) is 107 Å². The van der Waals surface area contributed by atoms with Crippen LogP contribution in [0.5, 0.6) is 0 Å². The summed E-state index contributed by atoms with van der Waals surface area (Å²) in [6.45, 7) is 12.5. The average Bonchev–Trinajstić information content (AvgIpc) is 3.79. The van der Waals surface area contributed by atoms with Gasteiger partial charge in [-0.05, 0) is 74.4 Å². The van der Waals surface area contributed by atoms with Gasteiger partial charge < -0.3 is 19.4 Å². The molecule has 12 heteroatoms. The first-order valence-corrected chi connectivity index (χ1v) is 20.6. The Balaban J connectivity index is 1.19. The molecule has 0 bridgehead atoms. The number of anilines is 2. The molecule has 238 valence electrons. The Morgan fingerprint density at radius 1 is 1.09 bits per heavy atom. The molecule has 1 N–H and O–H groups in total. The number of aromatic nitrogens is 2. The zero-order valence-corrected chi connectivity index (χ0v) is 28.7. The highest BCUT2D eigenvalue weighted by molar-refractivity contribution is 7.92. The van der Waals surface area contributed by atoms with Crippen molar-refractivity contribution in [2.24, 2.45) is 0 Å². The van der Waals surface area contributed by atoms with Crippen molar-refractivity contribution in [3.8, 4) is 0 Å². The summed E-state index contributed by atoms with van der Waals surface area (Å²) in [6.07, 6.45) is 7.62.